The molecule has 4 N–H and O–H groups in total. The number of nitrogens with one attached hydrogen (secondary N) is 2. The second-order valence-corrected chi connectivity index (χ2v) is 16.5. The molecule has 6 rings (SSSR count). The number of rotatable bonds is 9. The highest BCUT2D eigenvalue weighted by Gasteiger charge is 2.67. The van der Waals surface area contributed by atoms with Crippen molar-refractivity contribution in [3.8, 4) is 0 Å². The molecule has 4 heteroatoms. The van der Waals surface area contributed by atoms with Gasteiger partial charge in [0.05, 0.1) is 11.7 Å². The van der Waals surface area contributed by atoms with Gasteiger partial charge in [0.15, 0.2) is 0 Å². The van der Waals surface area contributed by atoms with Crippen LogP contribution in [-0.4, -0.2) is 39.5 Å². The topological polar surface area (TPSA) is 68.3 Å². The van der Waals surface area contributed by atoms with Crippen molar-refractivity contribution in [3.05, 3.63) is 36.0 Å². The van der Waals surface area contributed by atoms with Gasteiger partial charge < -0.3 is 20.5 Å². The van der Waals surface area contributed by atoms with Crippen LogP contribution in [0.2, 0.25) is 0 Å². The van der Waals surface area contributed by atoms with Crippen LogP contribution < -0.4 is 5.32 Å². The molecule has 234 valence electrons. The Morgan fingerprint density at radius 2 is 1.76 bits per heavy atom. The minimum Gasteiger partial charge on any atom is -0.393 e. The molecule has 42 heavy (non-hydrogen) atoms. The quantitative estimate of drug-likeness (QED) is 0.244. The molecule has 0 radical (unpaired) electrons. The number of benzene rings is 1. The molecule has 4 fully saturated rings. The molecule has 3 unspecified atom stereocenters. The summed E-state index contributed by atoms with van der Waals surface area (Å²) < 4.78 is 0. The van der Waals surface area contributed by atoms with E-state index in [4.69, 9.17) is 0 Å². The Labute approximate surface area is 255 Å². The van der Waals surface area contributed by atoms with E-state index in [0.717, 1.165) is 61.8 Å². The predicted molar refractivity (Wildman–Crippen MR) is 174 cm³/mol. The van der Waals surface area contributed by atoms with Crippen molar-refractivity contribution in [1.29, 1.82) is 0 Å². The van der Waals surface area contributed by atoms with E-state index in [9.17, 15) is 10.2 Å². The highest BCUT2D eigenvalue weighted by molar-refractivity contribution is 5.83. The molecule has 0 saturated heterocycles. The summed E-state index contributed by atoms with van der Waals surface area (Å²) >= 11 is 0. The van der Waals surface area contributed by atoms with Gasteiger partial charge in [0, 0.05) is 35.0 Å². The highest BCUT2D eigenvalue weighted by Crippen LogP contribution is 2.69. The summed E-state index contributed by atoms with van der Waals surface area (Å²) in [6, 6.07) is 8.59. The van der Waals surface area contributed by atoms with Crippen molar-refractivity contribution in [2.45, 2.75) is 130 Å². The molecule has 0 aliphatic heterocycles. The maximum atomic E-state index is 12.6. The van der Waals surface area contributed by atoms with Crippen LogP contribution in [0.1, 0.15) is 111 Å². The first kappa shape index (κ1) is 30.7. The molecule has 1 aromatic heterocycles. The fraction of sp³-hybridized carbons (Fsp3) is 0.789. The lowest BCUT2D eigenvalue weighted by Crippen LogP contribution is -2.71. The van der Waals surface area contributed by atoms with E-state index in [1.165, 1.54) is 55.0 Å². The Hall–Kier alpha value is -1.36. The lowest BCUT2D eigenvalue weighted by atomic mass is 9.42. The summed E-state index contributed by atoms with van der Waals surface area (Å²) in [5.41, 5.74) is 1.98. The molecule has 0 amide bonds. The summed E-state index contributed by atoms with van der Waals surface area (Å²) in [6.45, 7) is 15.7. The van der Waals surface area contributed by atoms with Gasteiger partial charge in [-0.25, -0.2) is 0 Å². The summed E-state index contributed by atoms with van der Waals surface area (Å²) in [5, 5.41) is 28.7. The van der Waals surface area contributed by atoms with Gasteiger partial charge in [-0.3, -0.25) is 0 Å². The number of H-pyrrole nitrogens is 1. The van der Waals surface area contributed by atoms with Crippen LogP contribution in [0, 0.1) is 52.3 Å². The number of aromatic amines is 1. The monoisotopic (exact) mass is 576 g/mol. The van der Waals surface area contributed by atoms with Gasteiger partial charge in [-0.2, -0.15) is 0 Å². The Balaban J connectivity index is 1.21. The summed E-state index contributed by atoms with van der Waals surface area (Å²) in [4.78, 5) is 3.43. The fourth-order valence-electron chi connectivity index (χ4n) is 11.3. The first-order chi connectivity index (χ1) is 20.0. The zero-order chi connectivity index (χ0) is 29.9. The Kier molecular flexibility index (Phi) is 8.42. The Bertz CT molecular complexity index is 1220. The van der Waals surface area contributed by atoms with E-state index in [1.54, 1.807) is 0 Å². The zero-order valence-corrected chi connectivity index (χ0v) is 27.5. The molecule has 11 atom stereocenters. The minimum atomic E-state index is -0.849. The standard InChI is InChI=1S/C38H60N2O2/c1-24(2)25(3)11-12-26(4)31-13-14-32-30-21-35(39-20-17-27-23-40-34-10-8-7-9-29(27)34)38(42)22-28(41)15-19-37(38,6)33(30)16-18-36(31,32)5/h7-10,23-26,28,30-33,35,39-42H,11-22H2,1-6H3/t25-,26-,28?,30+,31-,32+,33+,35?,36-,37-,38?/m1/s1. The van der Waals surface area contributed by atoms with Crippen molar-refractivity contribution in [3.63, 3.8) is 0 Å². The lowest BCUT2D eigenvalue weighted by Gasteiger charge is -2.66. The molecule has 4 saturated carbocycles. The van der Waals surface area contributed by atoms with E-state index in [2.05, 4.69) is 82.3 Å². The molecule has 1 heterocycles. The minimum absolute atomic E-state index is 0.0367. The van der Waals surface area contributed by atoms with Crippen LogP contribution in [0.3, 0.4) is 0 Å². The molecule has 0 spiro atoms. The number of hydrogen-bond donors (Lipinski definition) is 4. The summed E-state index contributed by atoms with van der Waals surface area (Å²) in [6.07, 6.45) is 14.1. The molecule has 4 aliphatic rings. The van der Waals surface area contributed by atoms with E-state index in [-0.39, 0.29) is 11.5 Å². The van der Waals surface area contributed by atoms with Gasteiger partial charge in [-0.05, 0) is 116 Å². The summed E-state index contributed by atoms with van der Waals surface area (Å²) in [5.74, 6) is 5.20. The highest BCUT2D eigenvalue weighted by atomic mass is 16.3. The third kappa shape index (κ3) is 5.00. The van der Waals surface area contributed by atoms with E-state index < -0.39 is 11.7 Å². The smallest absolute Gasteiger partial charge is 0.0880 e. The third-order valence-electron chi connectivity index (χ3n) is 14.3. The molecule has 2 aromatic rings. The van der Waals surface area contributed by atoms with E-state index >= 15 is 0 Å². The maximum Gasteiger partial charge on any atom is 0.0880 e. The Morgan fingerprint density at radius 1 is 0.976 bits per heavy atom. The predicted octanol–water partition coefficient (Wildman–Crippen LogP) is 8.12. The second-order valence-electron chi connectivity index (χ2n) is 16.5. The summed E-state index contributed by atoms with van der Waals surface area (Å²) in [7, 11) is 0. The van der Waals surface area contributed by atoms with Gasteiger partial charge >= 0.3 is 0 Å². The van der Waals surface area contributed by atoms with Gasteiger partial charge in [0.1, 0.15) is 0 Å². The normalized spacial score (nSPS) is 41.4. The van der Waals surface area contributed by atoms with Crippen molar-refractivity contribution in [2.75, 3.05) is 6.54 Å². The maximum absolute atomic E-state index is 12.6. The van der Waals surface area contributed by atoms with Gasteiger partial charge in [0.25, 0.3) is 0 Å². The average Bonchev–Trinajstić information content (AvgIpc) is 3.53. The second kappa shape index (κ2) is 11.5. The Morgan fingerprint density at radius 3 is 2.55 bits per heavy atom. The van der Waals surface area contributed by atoms with E-state index in [0.29, 0.717) is 23.7 Å². The molecule has 0 bridgehead atoms. The van der Waals surface area contributed by atoms with Crippen LogP contribution in [0.15, 0.2) is 30.5 Å². The van der Waals surface area contributed by atoms with Gasteiger partial charge in [0.2, 0.25) is 0 Å². The zero-order valence-electron chi connectivity index (χ0n) is 27.5. The first-order valence-electron chi connectivity index (χ1n) is 17.7. The number of para-hydroxylation sites is 1. The third-order valence-corrected chi connectivity index (χ3v) is 14.3. The van der Waals surface area contributed by atoms with Crippen molar-refractivity contribution in [2.24, 2.45) is 52.3 Å². The van der Waals surface area contributed by atoms with Crippen molar-refractivity contribution < 1.29 is 10.2 Å². The molecule has 4 nitrogen and oxygen atoms in total. The van der Waals surface area contributed by atoms with Crippen LogP contribution in [0.4, 0.5) is 0 Å². The van der Waals surface area contributed by atoms with Crippen LogP contribution in [-0.2, 0) is 6.42 Å². The van der Waals surface area contributed by atoms with Gasteiger partial charge in [-0.1, -0.05) is 72.6 Å². The number of fused-ring (bicyclic) bond motifs is 6. The molecular weight excluding hydrogens is 516 g/mol. The molecule has 4 aliphatic carbocycles. The van der Waals surface area contributed by atoms with Crippen LogP contribution in [0.5, 0.6) is 0 Å². The lowest BCUT2D eigenvalue weighted by molar-refractivity contribution is -0.234. The van der Waals surface area contributed by atoms with E-state index in [1.807, 2.05) is 0 Å². The number of aliphatic hydroxyl groups excluding tert-OH is 1. The SMILES string of the molecule is CC(C)[C@H](C)CC[C@@H](C)[C@H]1CC[C@H]2[C@@H]3CC(NCCc4c[nH]c5ccccc45)C4(O)CC(O)CC[C@]4(C)[C@H]3CC[C@]12C. The van der Waals surface area contributed by atoms with Crippen LogP contribution in [0.25, 0.3) is 10.9 Å². The molecule has 1 aromatic carbocycles. The first-order valence-corrected chi connectivity index (χ1v) is 17.7. The number of hydrogen-bond acceptors (Lipinski definition) is 3. The average molecular weight is 577 g/mol. The van der Waals surface area contributed by atoms with Gasteiger partial charge in [-0.15, -0.1) is 0 Å². The largest absolute Gasteiger partial charge is 0.393 e. The number of aromatic nitrogens is 1. The molecular formula is C38H60N2O2. The van der Waals surface area contributed by atoms with Crippen LogP contribution >= 0.6 is 0 Å². The fourth-order valence-corrected chi connectivity index (χ4v) is 11.3. The van der Waals surface area contributed by atoms with Crippen molar-refractivity contribution in [1.82, 2.24) is 10.3 Å². The van der Waals surface area contributed by atoms with Crippen molar-refractivity contribution >= 4 is 10.9 Å². The number of aliphatic hydroxyl groups is 2.